The number of hydrogen-bond donors (Lipinski definition) is 1. The topological polar surface area (TPSA) is 40.5 Å². The third kappa shape index (κ3) is 2.84. The van der Waals surface area contributed by atoms with Gasteiger partial charge in [-0.3, -0.25) is 0 Å². The Morgan fingerprint density at radius 2 is 2.11 bits per heavy atom. The van der Waals surface area contributed by atoms with Crippen molar-refractivity contribution >= 4 is 11.7 Å². The van der Waals surface area contributed by atoms with Crippen LogP contribution in [0.2, 0.25) is 0 Å². The van der Waals surface area contributed by atoms with Gasteiger partial charge in [-0.25, -0.2) is 4.79 Å². The molecule has 1 fully saturated rings. The Labute approximate surface area is 108 Å². The first-order chi connectivity index (χ1) is 8.72. The number of para-hydroxylation sites is 1. The molecular formula is C15H21NO2. The lowest BCUT2D eigenvalue weighted by Crippen LogP contribution is -2.26. The van der Waals surface area contributed by atoms with E-state index in [-0.39, 0.29) is 0 Å². The normalized spacial score (nSPS) is 20.5. The van der Waals surface area contributed by atoms with Crippen LogP contribution in [-0.4, -0.2) is 24.2 Å². The fourth-order valence-corrected chi connectivity index (χ4v) is 2.74. The lowest BCUT2D eigenvalue weighted by atomic mass is 9.98. The molecule has 1 aliphatic heterocycles. The molecule has 1 aromatic carbocycles. The van der Waals surface area contributed by atoms with Gasteiger partial charge in [-0.2, -0.15) is 0 Å². The molecule has 0 bridgehead atoms. The van der Waals surface area contributed by atoms with Gasteiger partial charge in [0.25, 0.3) is 0 Å². The van der Waals surface area contributed by atoms with E-state index in [2.05, 4.69) is 11.8 Å². The van der Waals surface area contributed by atoms with Crippen molar-refractivity contribution in [1.29, 1.82) is 0 Å². The number of carbonyl (C=O) groups is 1. The highest BCUT2D eigenvalue weighted by atomic mass is 16.4. The van der Waals surface area contributed by atoms with Crippen LogP contribution in [0.25, 0.3) is 0 Å². The van der Waals surface area contributed by atoms with Gasteiger partial charge in [0.1, 0.15) is 0 Å². The fourth-order valence-electron chi connectivity index (χ4n) is 2.74. The van der Waals surface area contributed by atoms with E-state index in [0.29, 0.717) is 5.56 Å². The molecule has 2 rings (SSSR count). The third-order valence-electron chi connectivity index (χ3n) is 3.90. The number of aromatic carboxylic acids is 1. The highest BCUT2D eigenvalue weighted by molar-refractivity contribution is 5.94. The van der Waals surface area contributed by atoms with Crippen molar-refractivity contribution in [2.45, 2.75) is 32.6 Å². The number of hydrogen-bond acceptors (Lipinski definition) is 2. The minimum atomic E-state index is -0.832. The molecule has 1 aromatic rings. The van der Waals surface area contributed by atoms with Gasteiger partial charge in [-0.15, -0.1) is 0 Å². The van der Waals surface area contributed by atoms with Gasteiger partial charge in [-0.1, -0.05) is 25.5 Å². The smallest absolute Gasteiger partial charge is 0.337 e. The second-order valence-corrected chi connectivity index (χ2v) is 5.01. The summed E-state index contributed by atoms with van der Waals surface area (Å²) in [5.41, 5.74) is 1.30. The zero-order valence-corrected chi connectivity index (χ0v) is 10.9. The van der Waals surface area contributed by atoms with Crippen LogP contribution in [-0.2, 0) is 0 Å². The second kappa shape index (κ2) is 5.89. The van der Waals surface area contributed by atoms with Crippen molar-refractivity contribution in [2.24, 2.45) is 5.92 Å². The van der Waals surface area contributed by atoms with Gasteiger partial charge < -0.3 is 10.0 Å². The van der Waals surface area contributed by atoms with Gasteiger partial charge in [0.05, 0.1) is 11.3 Å². The van der Waals surface area contributed by atoms with Crippen LogP contribution < -0.4 is 4.90 Å². The summed E-state index contributed by atoms with van der Waals surface area (Å²) in [4.78, 5) is 13.5. The number of nitrogens with zero attached hydrogens (tertiary/aromatic N) is 1. The molecular weight excluding hydrogens is 226 g/mol. The molecule has 0 spiro atoms. The van der Waals surface area contributed by atoms with E-state index in [1.807, 2.05) is 12.1 Å². The molecule has 1 unspecified atom stereocenters. The molecule has 1 heterocycles. The first-order valence-electron chi connectivity index (χ1n) is 6.79. The highest BCUT2D eigenvalue weighted by Crippen LogP contribution is 2.26. The van der Waals surface area contributed by atoms with Crippen LogP contribution in [0.5, 0.6) is 0 Å². The molecule has 1 N–H and O–H groups in total. The summed E-state index contributed by atoms with van der Waals surface area (Å²) in [6, 6.07) is 7.33. The van der Waals surface area contributed by atoms with Gasteiger partial charge in [0.2, 0.25) is 0 Å². The molecule has 0 aromatic heterocycles. The Morgan fingerprint density at radius 1 is 1.33 bits per heavy atom. The van der Waals surface area contributed by atoms with Crippen LogP contribution in [0, 0.1) is 5.92 Å². The quantitative estimate of drug-likeness (QED) is 0.890. The maximum absolute atomic E-state index is 11.2. The van der Waals surface area contributed by atoms with Crippen molar-refractivity contribution in [1.82, 2.24) is 0 Å². The van der Waals surface area contributed by atoms with E-state index in [4.69, 9.17) is 0 Å². The highest BCUT2D eigenvalue weighted by Gasteiger charge is 2.19. The number of carboxylic acid groups (broad SMARTS) is 1. The van der Waals surface area contributed by atoms with Crippen LogP contribution in [0.15, 0.2) is 24.3 Å². The molecule has 1 saturated heterocycles. The van der Waals surface area contributed by atoms with E-state index >= 15 is 0 Å². The Balaban J connectivity index is 2.18. The first kappa shape index (κ1) is 12.9. The third-order valence-corrected chi connectivity index (χ3v) is 3.90. The Kier molecular flexibility index (Phi) is 4.24. The Hall–Kier alpha value is -1.51. The molecule has 1 atom stereocenters. The number of rotatable bonds is 3. The molecule has 0 radical (unpaired) electrons. The summed E-state index contributed by atoms with van der Waals surface area (Å²) < 4.78 is 0. The van der Waals surface area contributed by atoms with Crippen molar-refractivity contribution < 1.29 is 9.90 Å². The average Bonchev–Trinajstić information content (AvgIpc) is 2.63. The fraction of sp³-hybridized carbons (Fsp3) is 0.533. The maximum atomic E-state index is 11.2. The van der Waals surface area contributed by atoms with Crippen LogP contribution in [0.3, 0.4) is 0 Å². The zero-order valence-electron chi connectivity index (χ0n) is 10.9. The molecule has 18 heavy (non-hydrogen) atoms. The largest absolute Gasteiger partial charge is 0.478 e. The van der Waals surface area contributed by atoms with E-state index in [1.54, 1.807) is 12.1 Å². The van der Waals surface area contributed by atoms with E-state index in [9.17, 15) is 9.90 Å². The Morgan fingerprint density at radius 3 is 2.83 bits per heavy atom. The summed E-state index contributed by atoms with van der Waals surface area (Å²) in [6.45, 7) is 4.19. The minimum absolute atomic E-state index is 0.424. The molecule has 98 valence electrons. The lowest BCUT2D eigenvalue weighted by molar-refractivity contribution is 0.0697. The second-order valence-electron chi connectivity index (χ2n) is 5.01. The summed E-state index contributed by atoms with van der Waals surface area (Å²) in [6.07, 6.45) is 4.83. The van der Waals surface area contributed by atoms with Crippen molar-refractivity contribution in [3.63, 3.8) is 0 Å². The minimum Gasteiger partial charge on any atom is -0.478 e. The number of anilines is 1. The Bertz CT molecular complexity index is 417. The summed E-state index contributed by atoms with van der Waals surface area (Å²) >= 11 is 0. The van der Waals surface area contributed by atoms with Crippen molar-refractivity contribution in [2.75, 3.05) is 18.0 Å². The van der Waals surface area contributed by atoms with E-state index in [0.717, 1.165) is 31.1 Å². The first-order valence-corrected chi connectivity index (χ1v) is 6.79. The molecule has 1 aliphatic rings. The van der Waals surface area contributed by atoms with Crippen molar-refractivity contribution in [3.8, 4) is 0 Å². The zero-order chi connectivity index (χ0) is 13.0. The van der Waals surface area contributed by atoms with Crippen LogP contribution in [0.1, 0.15) is 43.0 Å². The van der Waals surface area contributed by atoms with Gasteiger partial charge in [0, 0.05) is 13.1 Å². The van der Waals surface area contributed by atoms with Gasteiger partial charge >= 0.3 is 5.97 Å². The summed E-state index contributed by atoms with van der Waals surface area (Å²) in [7, 11) is 0. The van der Waals surface area contributed by atoms with Crippen LogP contribution in [0.4, 0.5) is 5.69 Å². The van der Waals surface area contributed by atoms with Crippen molar-refractivity contribution in [3.05, 3.63) is 29.8 Å². The van der Waals surface area contributed by atoms with E-state index < -0.39 is 5.97 Å². The predicted octanol–water partition coefficient (Wildman–Crippen LogP) is 3.40. The monoisotopic (exact) mass is 247 g/mol. The molecule has 0 saturated carbocycles. The molecule has 3 nitrogen and oxygen atoms in total. The maximum Gasteiger partial charge on any atom is 0.337 e. The molecule has 0 aliphatic carbocycles. The van der Waals surface area contributed by atoms with Gasteiger partial charge in [0.15, 0.2) is 0 Å². The number of carboxylic acids is 1. The molecule has 3 heteroatoms. The lowest BCUT2D eigenvalue weighted by Gasteiger charge is -2.24. The van der Waals surface area contributed by atoms with E-state index in [1.165, 1.54) is 19.3 Å². The van der Waals surface area contributed by atoms with Crippen LogP contribution >= 0.6 is 0 Å². The summed E-state index contributed by atoms with van der Waals surface area (Å²) in [5.74, 6) is -0.0334. The standard InChI is InChI=1S/C15H21NO2/c1-2-12-6-5-10-16(11-9-12)14-8-4-3-7-13(14)15(17)18/h3-4,7-8,12H,2,5-6,9-11H2,1H3,(H,17,18). The predicted molar refractivity (Wildman–Crippen MR) is 73.2 cm³/mol. The summed E-state index contributed by atoms with van der Waals surface area (Å²) in [5, 5.41) is 9.24. The molecule has 0 amide bonds. The average molecular weight is 247 g/mol. The SMILES string of the molecule is CCC1CCCN(c2ccccc2C(=O)O)CC1. The number of benzene rings is 1. The van der Waals surface area contributed by atoms with Gasteiger partial charge in [-0.05, 0) is 37.3 Å².